The Morgan fingerprint density at radius 1 is 1.13 bits per heavy atom. The Kier molecular flexibility index (Phi) is 5.65. The lowest BCUT2D eigenvalue weighted by atomic mass is 10.0. The fraction of sp³-hybridized carbons (Fsp3) is 0.208. The first-order valence-electron chi connectivity index (χ1n) is 9.95. The molecule has 2 aromatic heterocycles. The number of pyridine rings is 2. The Morgan fingerprint density at radius 3 is 2.58 bits per heavy atom. The highest BCUT2D eigenvalue weighted by molar-refractivity contribution is 6.35. The van der Waals surface area contributed by atoms with Crippen molar-refractivity contribution in [3.05, 3.63) is 70.0 Å². The van der Waals surface area contributed by atoms with Gasteiger partial charge in [0, 0.05) is 36.6 Å². The Hall–Kier alpha value is -3.38. The van der Waals surface area contributed by atoms with Crippen LogP contribution in [0.25, 0.3) is 33.1 Å². The molecule has 2 aromatic carbocycles. The lowest BCUT2D eigenvalue weighted by Gasteiger charge is -2.22. The van der Waals surface area contributed by atoms with Crippen LogP contribution in [0.1, 0.15) is 6.92 Å². The van der Waals surface area contributed by atoms with E-state index in [-0.39, 0.29) is 24.5 Å². The second-order valence-electron chi connectivity index (χ2n) is 7.35. The summed E-state index contributed by atoms with van der Waals surface area (Å²) in [6.45, 7) is 1.99. The highest BCUT2D eigenvalue weighted by atomic mass is 35.5. The molecular weight excluding hydrogens is 414 g/mol. The first kappa shape index (κ1) is 20.9. The van der Waals surface area contributed by atoms with Gasteiger partial charge in [-0.25, -0.2) is 0 Å². The van der Waals surface area contributed by atoms with Crippen molar-refractivity contribution in [1.29, 1.82) is 0 Å². The maximum Gasteiger partial charge on any atom is 0.325 e. The molecule has 0 aliphatic rings. The molecule has 0 aliphatic heterocycles. The monoisotopic (exact) mass is 435 g/mol. The van der Waals surface area contributed by atoms with Crippen molar-refractivity contribution >= 4 is 45.1 Å². The molecule has 0 aliphatic carbocycles. The number of nitrogens with zero attached hydrogens (tertiary/aromatic N) is 3. The van der Waals surface area contributed by atoms with Crippen LogP contribution in [0.15, 0.2) is 59.5 Å². The first-order valence-corrected chi connectivity index (χ1v) is 10.3. The molecular formula is C24H22ClN3O3. The summed E-state index contributed by atoms with van der Waals surface area (Å²) < 4.78 is 7.04. The normalized spacial score (nSPS) is 11.1. The first-order chi connectivity index (χ1) is 14.9. The van der Waals surface area contributed by atoms with E-state index in [4.69, 9.17) is 16.3 Å². The van der Waals surface area contributed by atoms with Crippen LogP contribution in [0.3, 0.4) is 0 Å². The van der Waals surface area contributed by atoms with E-state index in [0.717, 1.165) is 11.3 Å². The van der Waals surface area contributed by atoms with Gasteiger partial charge in [0.2, 0.25) is 0 Å². The van der Waals surface area contributed by atoms with E-state index in [1.807, 2.05) is 53.9 Å². The highest BCUT2D eigenvalue weighted by Gasteiger charge is 2.20. The van der Waals surface area contributed by atoms with Crippen LogP contribution >= 0.6 is 11.6 Å². The van der Waals surface area contributed by atoms with E-state index < -0.39 is 0 Å². The summed E-state index contributed by atoms with van der Waals surface area (Å²) in [5, 5.41) is 1.51. The van der Waals surface area contributed by atoms with Gasteiger partial charge < -0.3 is 14.2 Å². The maximum absolute atomic E-state index is 13.4. The van der Waals surface area contributed by atoms with Gasteiger partial charge in [0.15, 0.2) is 5.43 Å². The molecule has 0 N–H and O–H groups in total. The SMILES string of the molecule is CCOC(=O)Cn1c2cc(-c3ccccn3)ccc2c(=O)c2ccc(Cl)c(N(C)C)c21. The quantitative estimate of drug-likeness (QED) is 0.341. The summed E-state index contributed by atoms with van der Waals surface area (Å²) in [6.07, 6.45) is 1.72. The van der Waals surface area contributed by atoms with Crippen LogP contribution in [-0.2, 0) is 16.1 Å². The van der Waals surface area contributed by atoms with Gasteiger partial charge in [-0.2, -0.15) is 0 Å². The minimum Gasteiger partial charge on any atom is -0.465 e. The molecule has 4 aromatic rings. The van der Waals surface area contributed by atoms with Crippen LogP contribution < -0.4 is 10.3 Å². The van der Waals surface area contributed by atoms with Gasteiger partial charge in [-0.1, -0.05) is 23.7 Å². The van der Waals surface area contributed by atoms with E-state index in [1.165, 1.54) is 0 Å². The fourth-order valence-corrected chi connectivity index (χ4v) is 4.16. The third-order valence-electron chi connectivity index (χ3n) is 5.15. The van der Waals surface area contributed by atoms with Gasteiger partial charge in [-0.15, -0.1) is 0 Å². The average Bonchev–Trinajstić information content (AvgIpc) is 2.76. The Bertz CT molecular complexity index is 1350. The van der Waals surface area contributed by atoms with Crippen LogP contribution in [0.2, 0.25) is 5.02 Å². The van der Waals surface area contributed by atoms with Gasteiger partial charge in [-0.05, 0) is 43.3 Å². The lowest BCUT2D eigenvalue weighted by Crippen LogP contribution is -2.21. The minimum atomic E-state index is -0.387. The predicted molar refractivity (Wildman–Crippen MR) is 125 cm³/mol. The van der Waals surface area contributed by atoms with Gasteiger partial charge in [0.1, 0.15) is 6.54 Å². The third-order valence-corrected chi connectivity index (χ3v) is 5.46. The van der Waals surface area contributed by atoms with Gasteiger partial charge in [-0.3, -0.25) is 14.6 Å². The third kappa shape index (κ3) is 3.75. The maximum atomic E-state index is 13.4. The molecule has 0 radical (unpaired) electrons. The van der Waals surface area contributed by atoms with E-state index in [1.54, 1.807) is 31.3 Å². The number of hydrogen-bond acceptors (Lipinski definition) is 5. The summed E-state index contributed by atoms with van der Waals surface area (Å²) in [5.74, 6) is -0.387. The summed E-state index contributed by atoms with van der Waals surface area (Å²) in [6, 6.07) is 14.6. The van der Waals surface area contributed by atoms with E-state index in [9.17, 15) is 9.59 Å². The van der Waals surface area contributed by atoms with E-state index in [0.29, 0.717) is 32.5 Å². The molecule has 4 rings (SSSR count). The van der Waals surface area contributed by atoms with Gasteiger partial charge >= 0.3 is 5.97 Å². The Balaban J connectivity index is 2.14. The summed E-state index contributed by atoms with van der Waals surface area (Å²) in [5.41, 5.74) is 3.40. The van der Waals surface area contributed by atoms with Gasteiger partial charge in [0.05, 0.1) is 34.0 Å². The number of aromatic nitrogens is 2. The number of esters is 1. The molecule has 0 unspecified atom stereocenters. The number of hydrogen-bond donors (Lipinski definition) is 0. The van der Waals surface area contributed by atoms with Crippen molar-refractivity contribution in [1.82, 2.24) is 9.55 Å². The summed E-state index contributed by atoms with van der Waals surface area (Å²) >= 11 is 6.52. The molecule has 0 spiro atoms. The summed E-state index contributed by atoms with van der Waals surface area (Å²) in [4.78, 5) is 32.2. The predicted octanol–water partition coefficient (Wildman–Crippen LogP) is 4.50. The van der Waals surface area contributed by atoms with Crippen molar-refractivity contribution < 1.29 is 9.53 Å². The molecule has 2 heterocycles. The van der Waals surface area contributed by atoms with Crippen molar-refractivity contribution in [2.45, 2.75) is 13.5 Å². The van der Waals surface area contributed by atoms with E-state index in [2.05, 4.69) is 4.98 Å². The number of ether oxygens (including phenoxy) is 1. The number of anilines is 1. The molecule has 158 valence electrons. The van der Waals surface area contributed by atoms with Crippen molar-refractivity contribution in [2.75, 3.05) is 25.6 Å². The molecule has 31 heavy (non-hydrogen) atoms. The largest absolute Gasteiger partial charge is 0.465 e. The molecule has 0 amide bonds. The molecule has 7 heteroatoms. The molecule has 0 fully saturated rings. The van der Waals surface area contributed by atoms with Crippen LogP contribution in [0.4, 0.5) is 5.69 Å². The number of rotatable bonds is 5. The topological polar surface area (TPSA) is 64.4 Å². The zero-order chi connectivity index (χ0) is 22.1. The second kappa shape index (κ2) is 8.40. The smallest absolute Gasteiger partial charge is 0.325 e. The second-order valence-corrected chi connectivity index (χ2v) is 7.76. The van der Waals surface area contributed by atoms with Crippen molar-refractivity contribution in [2.24, 2.45) is 0 Å². The van der Waals surface area contributed by atoms with Crippen molar-refractivity contribution in [3.8, 4) is 11.3 Å². The zero-order valence-corrected chi connectivity index (χ0v) is 18.3. The van der Waals surface area contributed by atoms with Crippen LogP contribution in [0, 0.1) is 0 Å². The average molecular weight is 436 g/mol. The zero-order valence-electron chi connectivity index (χ0n) is 17.6. The minimum absolute atomic E-state index is 0.0476. The number of carbonyl (C=O) groups is 1. The molecule has 0 saturated carbocycles. The standard InChI is InChI=1S/C24H22ClN3O3/c1-4-31-21(29)14-28-20-13-15(19-7-5-6-12-26-19)8-9-16(20)24(30)17-10-11-18(25)23(22(17)28)27(2)3/h5-13H,4,14H2,1-3H3. The highest BCUT2D eigenvalue weighted by Crippen LogP contribution is 2.34. The number of halogens is 1. The van der Waals surface area contributed by atoms with Crippen LogP contribution in [-0.4, -0.2) is 36.2 Å². The van der Waals surface area contributed by atoms with Crippen LogP contribution in [0.5, 0.6) is 0 Å². The van der Waals surface area contributed by atoms with Crippen molar-refractivity contribution in [3.63, 3.8) is 0 Å². The summed E-state index contributed by atoms with van der Waals surface area (Å²) in [7, 11) is 3.71. The van der Waals surface area contributed by atoms with Gasteiger partial charge in [0.25, 0.3) is 0 Å². The lowest BCUT2D eigenvalue weighted by molar-refractivity contribution is -0.143. The fourth-order valence-electron chi connectivity index (χ4n) is 3.84. The van der Waals surface area contributed by atoms with E-state index >= 15 is 0 Å². The number of carbonyl (C=O) groups excluding carboxylic acids is 1. The molecule has 6 nitrogen and oxygen atoms in total. The molecule has 0 bridgehead atoms. The number of fused-ring (bicyclic) bond motifs is 2. The Labute approximate surface area is 184 Å². The Morgan fingerprint density at radius 2 is 1.90 bits per heavy atom. The molecule has 0 atom stereocenters. The number of benzene rings is 2. The molecule has 0 saturated heterocycles.